The van der Waals surface area contributed by atoms with E-state index in [0.29, 0.717) is 0 Å². The molecule has 1 aromatic heterocycles. The molecular weight excluding hydrogens is 254 g/mol. The van der Waals surface area contributed by atoms with Gasteiger partial charge in [0.05, 0.1) is 0 Å². The van der Waals surface area contributed by atoms with E-state index < -0.39 is 29.2 Å². The van der Waals surface area contributed by atoms with Crippen LogP contribution in [0.5, 0.6) is 0 Å². The van der Waals surface area contributed by atoms with Crippen molar-refractivity contribution in [2.24, 2.45) is 5.92 Å². The fraction of sp³-hybridized carbons (Fsp3) is 0.455. The molecular formula is C11H15N3O5. The number of carboxylic acid groups (broad SMARTS) is 1. The second-order valence-electron chi connectivity index (χ2n) is 4.37. The van der Waals surface area contributed by atoms with Gasteiger partial charge < -0.3 is 10.4 Å². The third-order valence-electron chi connectivity index (χ3n) is 2.46. The molecule has 3 N–H and O–H groups in total. The fourth-order valence-electron chi connectivity index (χ4n) is 1.46. The van der Waals surface area contributed by atoms with Gasteiger partial charge in [0.2, 0.25) is 5.91 Å². The minimum absolute atomic E-state index is 0.284. The molecule has 0 saturated heterocycles. The zero-order chi connectivity index (χ0) is 14.6. The number of nitrogens with one attached hydrogen (secondary N) is 2. The third-order valence-corrected chi connectivity index (χ3v) is 2.46. The molecule has 0 spiro atoms. The molecule has 0 unspecified atom stereocenters. The molecule has 1 rings (SSSR count). The maximum Gasteiger partial charge on any atom is 0.328 e. The smallest absolute Gasteiger partial charge is 0.328 e. The summed E-state index contributed by atoms with van der Waals surface area (Å²) in [5, 5.41) is 11.2. The summed E-state index contributed by atoms with van der Waals surface area (Å²) < 4.78 is 0.982. The largest absolute Gasteiger partial charge is 0.480 e. The summed E-state index contributed by atoms with van der Waals surface area (Å²) in [4.78, 5) is 46.7. The van der Waals surface area contributed by atoms with Crippen molar-refractivity contribution in [2.75, 3.05) is 0 Å². The van der Waals surface area contributed by atoms with Gasteiger partial charge in [0.1, 0.15) is 12.6 Å². The molecule has 0 saturated carbocycles. The molecule has 8 heteroatoms. The fourth-order valence-corrected chi connectivity index (χ4v) is 1.46. The minimum Gasteiger partial charge on any atom is -0.480 e. The topological polar surface area (TPSA) is 121 Å². The van der Waals surface area contributed by atoms with Crippen molar-refractivity contribution in [3.05, 3.63) is 33.1 Å². The first-order chi connectivity index (χ1) is 8.81. The van der Waals surface area contributed by atoms with E-state index in [9.17, 15) is 19.2 Å². The van der Waals surface area contributed by atoms with Gasteiger partial charge in [-0.3, -0.25) is 19.1 Å². The van der Waals surface area contributed by atoms with Crippen LogP contribution in [0.15, 0.2) is 21.9 Å². The molecule has 1 amide bonds. The number of nitrogens with zero attached hydrogens (tertiary/aromatic N) is 1. The van der Waals surface area contributed by atoms with Crippen molar-refractivity contribution in [1.29, 1.82) is 0 Å². The number of H-pyrrole nitrogens is 1. The quantitative estimate of drug-likeness (QED) is 0.617. The van der Waals surface area contributed by atoms with Crippen molar-refractivity contribution >= 4 is 11.9 Å². The Morgan fingerprint density at radius 1 is 1.42 bits per heavy atom. The highest BCUT2D eigenvalue weighted by Gasteiger charge is 2.23. The zero-order valence-electron chi connectivity index (χ0n) is 10.5. The van der Waals surface area contributed by atoms with Crippen LogP contribution >= 0.6 is 0 Å². The average Bonchev–Trinajstić information content (AvgIpc) is 2.29. The molecule has 0 bridgehead atoms. The summed E-state index contributed by atoms with van der Waals surface area (Å²) in [6.45, 7) is 2.96. The molecule has 0 fully saturated rings. The minimum atomic E-state index is -1.14. The Morgan fingerprint density at radius 2 is 2.05 bits per heavy atom. The lowest BCUT2D eigenvalue weighted by atomic mass is 10.1. The number of hydrogen-bond acceptors (Lipinski definition) is 4. The summed E-state index contributed by atoms with van der Waals surface area (Å²) in [6.07, 6.45) is 1.17. The Bertz CT molecular complexity index is 586. The molecule has 8 nitrogen and oxygen atoms in total. The summed E-state index contributed by atoms with van der Waals surface area (Å²) in [5.74, 6) is -2.04. The summed E-state index contributed by atoms with van der Waals surface area (Å²) >= 11 is 0. The number of carbonyl (C=O) groups is 2. The monoisotopic (exact) mass is 269 g/mol. The highest BCUT2D eigenvalue weighted by molar-refractivity contribution is 5.83. The lowest BCUT2D eigenvalue weighted by molar-refractivity contribution is -0.143. The summed E-state index contributed by atoms with van der Waals surface area (Å²) in [5.41, 5.74) is -1.29. The zero-order valence-corrected chi connectivity index (χ0v) is 10.5. The van der Waals surface area contributed by atoms with Gasteiger partial charge in [-0.05, 0) is 5.92 Å². The molecule has 0 aliphatic heterocycles. The Balaban J connectivity index is 2.77. The molecule has 0 radical (unpaired) electrons. The molecule has 19 heavy (non-hydrogen) atoms. The maximum atomic E-state index is 11.6. The van der Waals surface area contributed by atoms with Gasteiger partial charge in [-0.2, -0.15) is 0 Å². The highest BCUT2D eigenvalue weighted by Crippen LogP contribution is 2.01. The van der Waals surface area contributed by atoms with Gasteiger partial charge in [0.25, 0.3) is 5.56 Å². The van der Waals surface area contributed by atoms with Gasteiger partial charge >= 0.3 is 11.7 Å². The third kappa shape index (κ3) is 4.09. The molecule has 0 aliphatic rings. The van der Waals surface area contributed by atoms with Crippen LogP contribution in [-0.2, 0) is 16.1 Å². The summed E-state index contributed by atoms with van der Waals surface area (Å²) in [6, 6.07) is 0.0807. The predicted octanol–water partition coefficient (Wildman–Crippen LogP) is -1.24. The Hall–Kier alpha value is -2.38. The first-order valence-electron chi connectivity index (χ1n) is 5.63. The van der Waals surface area contributed by atoms with Crippen LogP contribution in [0.1, 0.15) is 13.8 Å². The lowest BCUT2D eigenvalue weighted by Gasteiger charge is -2.18. The number of carboxylic acids is 1. The summed E-state index contributed by atoms with van der Waals surface area (Å²) in [7, 11) is 0. The number of amides is 1. The van der Waals surface area contributed by atoms with E-state index in [-0.39, 0.29) is 12.5 Å². The average molecular weight is 269 g/mol. The lowest BCUT2D eigenvalue weighted by Crippen LogP contribution is -2.46. The van der Waals surface area contributed by atoms with Crippen molar-refractivity contribution in [2.45, 2.75) is 26.4 Å². The molecule has 1 atom stereocenters. The number of carbonyl (C=O) groups excluding carboxylic acids is 1. The molecule has 104 valence electrons. The Morgan fingerprint density at radius 3 is 2.53 bits per heavy atom. The first-order valence-corrected chi connectivity index (χ1v) is 5.63. The second-order valence-corrected chi connectivity index (χ2v) is 4.37. The van der Waals surface area contributed by atoms with Crippen LogP contribution < -0.4 is 16.6 Å². The van der Waals surface area contributed by atoms with Gasteiger partial charge in [-0.1, -0.05) is 13.8 Å². The van der Waals surface area contributed by atoms with E-state index in [0.717, 1.165) is 10.6 Å². The van der Waals surface area contributed by atoms with E-state index >= 15 is 0 Å². The van der Waals surface area contributed by atoms with Crippen molar-refractivity contribution in [3.63, 3.8) is 0 Å². The number of hydrogen-bond donors (Lipinski definition) is 3. The normalized spacial score (nSPS) is 12.2. The van der Waals surface area contributed by atoms with Crippen LogP contribution in [0, 0.1) is 5.92 Å². The van der Waals surface area contributed by atoms with E-state index in [2.05, 4.69) is 5.32 Å². The van der Waals surface area contributed by atoms with Crippen molar-refractivity contribution in [1.82, 2.24) is 14.9 Å². The van der Waals surface area contributed by atoms with Crippen LogP contribution in [-0.4, -0.2) is 32.6 Å². The van der Waals surface area contributed by atoms with E-state index in [1.54, 1.807) is 13.8 Å². The van der Waals surface area contributed by atoms with Crippen LogP contribution in [0.4, 0.5) is 0 Å². The molecule has 0 aromatic carbocycles. The second kappa shape index (κ2) is 5.98. The van der Waals surface area contributed by atoms with Crippen LogP contribution in [0.2, 0.25) is 0 Å². The van der Waals surface area contributed by atoms with Gasteiger partial charge in [-0.15, -0.1) is 0 Å². The molecule has 1 heterocycles. The number of aromatic amines is 1. The van der Waals surface area contributed by atoms with E-state index in [4.69, 9.17) is 5.11 Å². The van der Waals surface area contributed by atoms with Gasteiger partial charge in [0, 0.05) is 12.3 Å². The van der Waals surface area contributed by atoms with Crippen LogP contribution in [0.25, 0.3) is 0 Å². The number of rotatable bonds is 5. The highest BCUT2D eigenvalue weighted by atomic mass is 16.4. The van der Waals surface area contributed by atoms with E-state index in [1.807, 2.05) is 4.98 Å². The number of aliphatic carboxylic acids is 1. The van der Waals surface area contributed by atoms with E-state index in [1.165, 1.54) is 6.20 Å². The van der Waals surface area contributed by atoms with Gasteiger partial charge in [0.15, 0.2) is 0 Å². The Labute approximate surface area is 108 Å². The Kier molecular flexibility index (Phi) is 4.62. The molecule has 1 aromatic rings. The molecule has 0 aliphatic carbocycles. The SMILES string of the molecule is CC(C)[C@H](NC(=O)Cn1ccc(=O)[nH]c1=O)C(=O)O. The predicted molar refractivity (Wildman–Crippen MR) is 65.7 cm³/mol. The maximum absolute atomic E-state index is 11.6. The first kappa shape index (κ1) is 14.7. The standard InChI is InChI=1S/C11H15N3O5/c1-6(2)9(10(17)18)12-8(16)5-14-4-3-7(15)13-11(14)19/h3-4,6,9H,5H2,1-2H3,(H,12,16)(H,17,18)(H,13,15,19)/t9-/m0/s1. The van der Waals surface area contributed by atoms with Crippen molar-refractivity contribution < 1.29 is 14.7 Å². The van der Waals surface area contributed by atoms with Crippen molar-refractivity contribution in [3.8, 4) is 0 Å². The van der Waals surface area contributed by atoms with Crippen LogP contribution in [0.3, 0.4) is 0 Å². The number of aromatic nitrogens is 2. The van der Waals surface area contributed by atoms with Gasteiger partial charge in [-0.25, -0.2) is 9.59 Å².